The maximum atomic E-state index is 15.9. The molecule has 3 aromatic carbocycles. The van der Waals surface area contributed by atoms with Crippen molar-refractivity contribution in [1.29, 1.82) is 5.26 Å². The Morgan fingerprint density at radius 1 is 1.11 bits per heavy atom. The Hall–Kier alpha value is -4.24. The molecule has 0 radical (unpaired) electrons. The number of carbonyl (C=O) groups is 3. The summed E-state index contributed by atoms with van der Waals surface area (Å²) in [6.45, 7) is 5.44. The third-order valence-corrected chi connectivity index (χ3v) is 8.50. The summed E-state index contributed by atoms with van der Waals surface area (Å²) < 4.78 is 42.1. The maximum Gasteiger partial charge on any atom is 0.338 e. The molecule has 0 saturated carbocycles. The molecule has 3 N–H and O–H groups in total. The monoisotopic (exact) mass is 687 g/mol. The summed E-state index contributed by atoms with van der Waals surface area (Å²) in [7, 11) is 1.31. The number of methoxy groups -OCH3 is 1. The van der Waals surface area contributed by atoms with Crippen LogP contribution in [-0.2, 0) is 19.7 Å². The van der Waals surface area contributed by atoms with Gasteiger partial charge >= 0.3 is 11.9 Å². The molecule has 0 bridgehead atoms. The van der Waals surface area contributed by atoms with Gasteiger partial charge in [0.05, 0.1) is 41.9 Å². The Morgan fingerprint density at radius 3 is 2.45 bits per heavy atom. The van der Waals surface area contributed by atoms with Crippen LogP contribution in [0.5, 0.6) is 5.75 Å². The number of aliphatic carboxylic acids is 1. The molecule has 1 fully saturated rings. The molecule has 1 aliphatic heterocycles. The number of hydrogen-bond acceptors (Lipinski definition) is 7. The number of nitriles is 1. The standard InChI is InChI=1S/C34H33Cl2F2N3O6/c1-33(2,3)16-26-34(17-39,21-10-9-19(35)15-23(21)37)28(20-6-5-7-22(36)29(20)38)30(41-26)31(44)40-24-11-8-18(14-25(24)46-4)32(45)47-13-12-27(42)43/h5-11,14-15,26,28,30,41H,12-13,16H2,1-4H3,(H,40,44)(H,42,43)/t26-,28-,30+,34-/m0/s1. The van der Waals surface area contributed by atoms with E-state index in [0.29, 0.717) is 0 Å². The van der Waals surface area contributed by atoms with Crippen LogP contribution in [0.4, 0.5) is 14.5 Å². The SMILES string of the molecule is COc1cc(C(=O)OCCC(=O)O)ccc1NC(=O)[C@@H]1N[C@@H](CC(C)(C)C)[C@](C#N)(c2ccc(Cl)cc2F)[C@H]1c1cccc(Cl)c1F. The summed E-state index contributed by atoms with van der Waals surface area (Å²) >= 11 is 12.3. The van der Waals surface area contributed by atoms with Gasteiger partial charge in [-0.3, -0.25) is 9.59 Å². The second-order valence-electron chi connectivity index (χ2n) is 12.4. The quantitative estimate of drug-likeness (QED) is 0.196. The van der Waals surface area contributed by atoms with E-state index in [1.165, 1.54) is 55.6 Å². The number of esters is 1. The first-order valence-corrected chi connectivity index (χ1v) is 15.3. The average molecular weight is 689 g/mol. The average Bonchev–Trinajstić information content (AvgIpc) is 3.31. The highest BCUT2D eigenvalue weighted by Crippen LogP contribution is 2.53. The van der Waals surface area contributed by atoms with Gasteiger partial charge in [-0.25, -0.2) is 13.6 Å². The van der Waals surface area contributed by atoms with E-state index in [1.54, 1.807) is 0 Å². The smallest absolute Gasteiger partial charge is 0.338 e. The number of nitrogens with one attached hydrogen (secondary N) is 2. The van der Waals surface area contributed by atoms with Gasteiger partial charge in [0.25, 0.3) is 0 Å². The number of hydrogen-bond donors (Lipinski definition) is 3. The first-order chi connectivity index (χ1) is 22.1. The lowest BCUT2D eigenvalue weighted by Gasteiger charge is -2.37. The molecule has 13 heteroatoms. The summed E-state index contributed by atoms with van der Waals surface area (Å²) in [5.74, 6) is -5.50. The molecule has 1 amide bonds. The molecule has 4 rings (SSSR count). The zero-order valence-electron chi connectivity index (χ0n) is 26.0. The first kappa shape index (κ1) is 35.6. The molecule has 1 aliphatic rings. The van der Waals surface area contributed by atoms with E-state index in [1.807, 2.05) is 20.8 Å². The Labute approximate surface area is 280 Å². The molecule has 4 atom stereocenters. The number of carboxylic acids is 1. The number of halogens is 4. The molecular formula is C34H33Cl2F2N3O6. The summed E-state index contributed by atoms with van der Waals surface area (Å²) in [5.41, 5.74) is -2.20. The van der Waals surface area contributed by atoms with Crippen LogP contribution in [-0.4, -0.2) is 48.8 Å². The van der Waals surface area contributed by atoms with Gasteiger partial charge in [-0.2, -0.15) is 5.26 Å². The van der Waals surface area contributed by atoms with Crippen molar-refractivity contribution < 1.29 is 37.7 Å². The van der Waals surface area contributed by atoms with Crippen LogP contribution in [0.25, 0.3) is 0 Å². The van der Waals surface area contributed by atoms with Crippen molar-refractivity contribution in [2.45, 2.75) is 57.0 Å². The summed E-state index contributed by atoms with van der Waals surface area (Å²) in [5, 5.41) is 25.6. The lowest BCUT2D eigenvalue weighted by Crippen LogP contribution is -2.45. The number of carbonyl (C=O) groups excluding carboxylic acids is 2. The van der Waals surface area contributed by atoms with Gasteiger partial charge in [0, 0.05) is 22.5 Å². The van der Waals surface area contributed by atoms with E-state index in [-0.39, 0.29) is 57.6 Å². The van der Waals surface area contributed by atoms with Crippen LogP contribution < -0.4 is 15.4 Å². The number of amides is 1. The van der Waals surface area contributed by atoms with Gasteiger partial charge in [0.1, 0.15) is 29.4 Å². The number of rotatable bonds is 10. The molecule has 1 saturated heterocycles. The normalized spacial score (nSPS) is 20.7. The van der Waals surface area contributed by atoms with E-state index in [0.717, 1.165) is 6.07 Å². The number of anilines is 1. The molecule has 1 heterocycles. The van der Waals surface area contributed by atoms with E-state index >= 15 is 8.78 Å². The third-order valence-electron chi connectivity index (χ3n) is 7.98. The molecule has 0 spiro atoms. The van der Waals surface area contributed by atoms with Crippen molar-refractivity contribution >= 4 is 46.7 Å². The van der Waals surface area contributed by atoms with Crippen LogP contribution in [0.15, 0.2) is 54.6 Å². The fourth-order valence-corrected chi connectivity index (χ4v) is 6.34. The minimum atomic E-state index is -1.82. The van der Waals surface area contributed by atoms with E-state index in [9.17, 15) is 19.6 Å². The number of nitrogens with zero attached hydrogens (tertiary/aromatic N) is 1. The Balaban J connectivity index is 1.83. The molecular weight excluding hydrogens is 655 g/mol. The molecule has 0 aromatic heterocycles. The largest absolute Gasteiger partial charge is 0.495 e. The highest BCUT2D eigenvalue weighted by molar-refractivity contribution is 6.31. The second kappa shape index (κ2) is 14.3. The number of ether oxygens (including phenoxy) is 2. The van der Waals surface area contributed by atoms with Crippen LogP contribution in [0, 0.1) is 28.4 Å². The molecule has 9 nitrogen and oxygen atoms in total. The first-order valence-electron chi connectivity index (χ1n) is 14.6. The Bertz CT molecular complexity index is 1740. The molecule has 248 valence electrons. The lowest BCUT2D eigenvalue weighted by atomic mass is 9.62. The molecule has 0 aliphatic carbocycles. The van der Waals surface area contributed by atoms with Gasteiger partial charge < -0.3 is 25.2 Å². The maximum absolute atomic E-state index is 15.9. The van der Waals surface area contributed by atoms with E-state index < -0.39 is 58.3 Å². The van der Waals surface area contributed by atoms with E-state index in [2.05, 4.69) is 16.7 Å². The predicted octanol–water partition coefficient (Wildman–Crippen LogP) is 6.87. The summed E-state index contributed by atoms with van der Waals surface area (Å²) in [6, 6.07) is 12.3. The fraction of sp³-hybridized carbons (Fsp3) is 0.353. The van der Waals surface area contributed by atoms with Gasteiger partial charge in [0.2, 0.25) is 5.91 Å². The number of benzene rings is 3. The molecule has 3 aromatic rings. The van der Waals surface area contributed by atoms with Crippen molar-refractivity contribution in [2.75, 3.05) is 19.0 Å². The minimum Gasteiger partial charge on any atom is -0.495 e. The van der Waals surface area contributed by atoms with Crippen molar-refractivity contribution in [3.8, 4) is 11.8 Å². The predicted molar refractivity (Wildman–Crippen MR) is 172 cm³/mol. The topological polar surface area (TPSA) is 138 Å². The van der Waals surface area contributed by atoms with Gasteiger partial charge in [-0.15, -0.1) is 0 Å². The highest BCUT2D eigenvalue weighted by atomic mass is 35.5. The van der Waals surface area contributed by atoms with Gasteiger partial charge in [-0.1, -0.05) is 62.2 Å². The van der Waals surface area contributed by atoms with Crippen LogP contribution in [0.2, 0.25) is 10.0 Å². The van der Waals surface area contributed by atoms with Crippen LogP contribution >= 0.6 is 23.2 Å². The van der Waals surface area contributed by atoms with E-state index in [4.69, 9.17) is 37.8 Å². The second-order valence-corrected chi connectivity index (χ2v) is 13.2. The zero-order valence-corrected chi connectivity index (χ0v) is 27.5. The highest BCUT2D eigenvalue weighted by Gasteiger charge is 2.61. The van der Waals surface area contributed by atoms with Crippen molar-refractivity contribution in [3.63, 3.8) is 0 Å². The van der Waals surface area contributed by atoms with Crippen molar-refractivity contribution in [1.82, 2.24) is 5.32 Å². The van der Waals surface area contributed by atoms with Crippen molar-refractivity contribution in [2.24, 2.45) is 5.41 Å². The zero-order chi connectivity index (χ0) is 34.7. The summed E-state index contributed by atoms with van der Waals surface area (Å²) in [4.78, 5) is 37.4. The van der Waals surface area contributed by atoms with Gasteiger partial charge in [-0.05, 0) is 53.8 Å². The lowest BCUT2D eigenvalue weighted by molar-refractivity contribution is -0.137. The fourth-order valence-electron chi connectivity index (χ4n) is 6.00. The molecule has 47 heavy (non-hydrogen) atoms. The summed E-state index contributed by atoms with van der Waals surface area (Å²) in [6.07, 6.45) is -0.0901. The third kappa shape index (κ3) is 7.51. The Kier molecular flexibility index (Phi) is 10.8. The minimum absolute atomic E-state index is 0.0371. The van der Waals surface area contributed by atoms with Crippen LogP contribution in [0.1, 0.15) is 61.0 Å². The Morgan fingerprint density at radius 2 is 1.83 bits per heavy atom. The van der Waals surface area contributed by atoms with Crippen molar-refractivity contribution in [3.05, 3.63) is 93.0 Å². The van der Waals surface area contributed by atoms with Gasteiger partial charge in [0.15, 0.2) is 0 Å². The number of carboxylic acid groups (broad SMARTS) is 1. The van der Waals surface area contributed by atoms with Crippen LogP contribution in [0.3, 0.4) is 0 Å². The molecule has 0 unspecified atom stereocenters.